The minimum absolute atomic E-state index is 0.199. The third-order valence-corrected chi connectivity index (χ3v) is 3.54. The van der Waals surface area contributed by atoms with Gasteiger partial charge in [0.2, 0.25) is 0 Å². The van der Waals surface area contributed by atoms with Gasteiger partial charge in [-0.15, -0.1) is 0 Å². The number of benzene rings is 1. The van der Waals surface area contributed by atoms with Crippen molar-refractivity contribution < 1.29 is 9.47 Å². The minimum atomic E-state index is 0.199. The van der Waals surface area contributed by atoms with Crippen LogP contribution in [0.2, 0.25) is 0 Å². The van der Waals surface area contributed by atoms with Crippen LogP contribution in [0, 0.1) is 6.92 Å². The van der Waals surface area contributed by atoms with Crippen molar-refractivity contribution >= 4 is 42.8 Å². The second-order valence-electron chi connectivity index (χ2n) is 3.57. The highest BCUT2D eigenvalue weighted by Crippen LogP contribution is 2.37. The number of aryl methyl sites for hydroxylation is 1. The van der Waals surface area contributed by atoms with Gasteiger partial charge in [0.15, 0.2) is 12.5 Å². The molecule has 0 saturated heterocycles. The Balaban J connectivity index is 2.66. The van der Waals surface area contributed by atoms with Crippen molar-refractivity contribution in [2.75, 3.05) is 13.9 Å². The summed E-state index contributed by atoms with van der Waals surface area (Å²) in [5.74, 6) is 0.703. The average molecular weight is 361 g/mol. The first-order chi connectivity index (χ1) is 8.13. The zero-order valence-corrected chi connectivity index (χ0v) is 12.6. The molecule has 0 aliphatic carbocycles. The fourth-order valence-corrected chi connectivity index (χ4v) is 2.93. The van der Waals surface area contributed by atoms with Crippen molar-refractivity contribution in [3.05, 3.63) is 32.8 Å². The van der Waals surface area contributed by atoms with E-state index in [4.69, 9.17) is 9.47 Å². The second kappa shape index (κ2) is 5.33. The number of hydrogen-bond donors (Lipinski definition) is 0. The number of hydrogen-bond acceptors (Lipinski definition) is 3. The third kappa shape index (κ3) is 2.61. The molecule has 0 saturated carbocycles. The molecule has 0 N–H and O–H groups in total. The van der Waals surface area contributed by atoms with Gasteiger partial charge in [-0.05, 0) is 41.1 Å². The van der Waals surface area contributed by atoms with Crippen molar-refractivity contribution in [2.45, 2.75) is 6.92 Å². The largest absolute Gasteiger partial charge is 0.464 e. The van der Waals surface area contributed by atoms with Gasteiger partial charge in [0.25, 0.3) is 0 Å². The van der Waals surface area contributed by atoms with Gasteiger partial charge in [0.1, 0.15) is 5.52 Å². The summed E-state index contributed by atoms with van der Waals surface area (Å²) < 4.78 is 12.3. The summed E-state index contributed by atoms with van der Waals surface area (Å²) >= 11 is 6.99. The van der Waals surface area contributed by atoms with Crippen LogP contribution in [-0.2, 0) is 4.74 Å². The molecule has 0 bridgehead atoms. The van der Waals surface area contributed by atoms with Crippen molar-refractivity contribution in [1.82, 2.24) is 4.98 Å². The molecule has 3 nitrogen and oxygen atoms in total. The van der Waals surface area contributed by atoms with Crippen LogP contribution in [0.15, 0.2) is 27.1 Å². The van der Waals surface area contributed by atoms with Gasteiger partial charge < -0.3 is 9.47 Å². The van der Waals surface area contributed by atoms with E-state index in [1.165, 1.54) is 0 Å². The molecular weight excluding hydrogens is 350 g/mol. The fraction of sp³-hybridized carbons (Fsp3) is 0.250. The Kier molecular flexibility index (Phi) is 4.01. The number of methoxy groups -OCH3 is 1. The Bertz CT molecular complexity index is 558. The van der Waals surface area contributed by atoms with Gasteiger partial charge in [0.05, 0.1) is 4.47 Å². The zero-order valence-electron chi connectivity index (χ0n) is 9.46. The van der Waals surface area contributed by atoms with Crippen LogP contribution in [-0.4, -0.2) is 18.9 Å². The van der Waals surface area contributed by atoms with Gasteiger partial charge in [-0.1, -0.05) is 15.9 Å². The van der Waals surface area contributed by atoms with E-state index in [9.17, 15) is 0 Å². The molecule has 1 aromatic carbocycles. The molecule has 0 atom stereocenters. The topological polar surface area (TPSA) is 31.4 Å². The summed E-state index contributed by atoms with van der Waals surface area (Å²) in [5, 5.41) is 1.02. The van der Waals surface area contributed by atoms with Gasteiger partial charge in [0, 0.05) is 22.7 Å². The standard InChI is InChI=1S/C12H11Br2NO2/c1-7-3-4-8-9(13)5-10(14)12(11(8)15-7)17-6-16-2/h3-5H,6H2,1-2H3. The Morgan fingerprint density at radius 3 is 2.71 bits per heavy atom. The SMILES string of the molecule is COCOc1c(Br)cc(Br)c2ccc(C)nc12. The normalized spacial score (nSPS) is 10.8. The smallest absolute Gasteiger partial charge is 0.188 e. The molecule has 2 rings (SSSR count). The maximum atomic E-state index is 5.56. The van der Waals surface area contributed by atoms with E-state index in [0.717, 1.165) is 25.5 Å². The molecule has 0 fully saturated rings. The molecule has 0 spiro atoms. The summed E-state index contributed by atoms with van der Waals surface area (Å²) in [6.45, 7) is 2.15. The maximum Gasteiger partial charge on any atom is 0.188 e. The van der Waals surface area contributed by atoms with Crippen LogP contribution in [0.25, 0.3) is 10.9 Å². The van der Waals surface area contributed by atoms with Gasteiger partial charge in [-0.2, -0.15) is 0 Å². The monoisotopic (exact) mass is 359 g/mol. The van der Waals surface area contributed by atoms with Crippen LogP contribution in [0.4, 0.5) is 0 Å². The highest BCUT2D eigenvalue weighted by atomic mass is 79.9. The van der Waals surface area contributed by atoms with E-state index < -0.39 is 0 Å². The van der Waals surface area contributed by atoms with Gasteiger partial charge >= 0.3 is 0 Å². The lowest BCUT2D eigenvalue weighted by atomic mass is 10.2. The minimum Gasteiger partial charge on any atom is -0.464 e. The molecule has 1 heterocycles. The van der Waals surface area contributed by atoms with E-state index in [1.54, 1.807) is 7.11 Å². The van der Waals surface area contributed by atoms with Crippen molar-refractivity contribution in [2.24, 2.45) is 0 Å². The van der Waals surface area contributed by atoms with Crippen LogP contribution in [0.3, 0.4) is 0 Å². The molecule has 5 heteroatoms. The molecule has 0 aliphatic heterocycles. The number of rotatable bonds is 3. The lowest BCUT2D eigenvalue weighted by molar-refractivity contribution is 0.0515. The molecule has 1 aromatic heterocycles. The molecule has 90 valence electrons. The summed E-state index contributed by atoms with van der Waals surface area (Å²) in [6, 6.07) is 5.94. The predicted molar refractivity (Wildman–Crippen MR) is 74.4 cm³/mol. The molecule has 0 unspecified atom stereocenters. The first-order valence-electron chi connectivity index (χ1n) is 5.00. The van der Waals surface area contributed by atoms with Crippen molar-refractivity contribution in [3.63, 3.8) is 0 Å². The number of nitrogens with zero attached hydrogens (tertiary/aromatic N) is 1. The lowest BCUT2D eigenvalue weighted by Gasteiger charge is -2.11. The summed E-state index contributed by atoms with van der Waals surface area (Å²) in [5.41, 5.74) is 1.77. The van der Waals surface area contributed by atoms with E-state index in [2.05, 4.69) is 36.8 Å². The predicted octanol–water partition coefficient (Wildman–Crippen LogP) is 4.05. The average Bonchev–Trinajstić information content (AvgIpc) is 2.28. The maximum absolute atomic E-state index is 5.56. The highest BCUT2D eigenvalue weighted by molar-refractivity contribution is 9.11. The first-order valence-corrected chi connectivity index (χ1v) is 6.59. The Labute approximate surface area is 116 Å². The van der Waals surface area contributed by atoms with Crippen LogP contribution >= 0.6 is 31.9 Å². The number of aromatic nitrogens is 1. The first kappa shape index (κ1) is 12.8. The second-order valence-corrected chi connectivity index (χ2v) is 5.28. The van der Waals surface area contributed by atoms with E-state index >= 15 is 0 Å². The fourth-order valence-electron chi connectivity index (χ4n) is 1.55. The summed E-state index contributed by atoms with van der Waals surface area (Å²) in [7, 11) is 1.59. The zero-order chi connectivity index (χ0) is 12.4. The number of pyridine rings is 1. The molecule has 0 amide bonds. The number of fused-ring (bicyclic) bond motifs is 1. The Morgan fingerprint density at radius 1 is 1.24 bits per heavy atom. The van der Waals surface area contributed by atoms with Crippen LogP contribution < -0.4 is 4.74 Å². The van der Waals surface area contributed by atoms with Crippen LogP contribution in [0.5, 0.6) is 5.75 Å². The Hall–Kier alpha value is -0.650. The summed E-state index contributed by atoms with van der Waals surface area (Å²) in [4.78, 5) is 4.51. The number of ether oxygens (including phenoxy) is 2. The molecular formula is C12H11Br2NO2. The van der Waals surface area contributed by atoms with Gasteiger partial charge in [-0.25, -0.2) is 4.98 Å². The third-order valence-electron chi connectivity index (χ3n) is 2.30. The molecule has 2 aromatic rings. The lowest BCUT2D eigenvalue weighted by Crippen LogP contribution is -2.01. The quantitative estimate of drug-likeness (QED) is 0.773. The van der Waals surface area contributed by atoms with Crippen molar-refractivity contribution in [3.8, 4) is 5.75 Å². The van der Waals surface area contributed by atoms with Crippen LogP contribution in [0.1, 0.15) is 5.69 Å². The highest BCUT2D eigenvalue weighted by Gasteiger charge is 2.12. The van der Waals surface area contributed by atoms with E-state index in [-0.39, 0.29) is 6.79 Å². The molecule has 0 aliphatic rings. The Morgan fingerprint density at radius 2 is 2.00 bits per heavy atom. The molecule has 0 radical (unpaired) electrons. The van der Waals surface area contributed by atoms with E-state index in [0.29, 0.717) is 5.75 Å². The number of halogens is 2. The summed E-state index contributed by atoms with van der Waals surface area (Å²) in [6.07, 6.45) is 0. The molecule has 17 heavy (non-hydrogen) atoms. The van der Waals surface area contributed by atoms with Crippen molar-refractivity contribution in [1.29, 1.82) is 0 Å². The van der Waals surface area contributed by atoms with Gasteiger partial charge in [-0.3, -0.25) is 0 Å². The van der Waals surface area contributed by atoms with E-state index in [1.807, 2.05) is 25.1 Å².